The van der Waals surface area contributed by atoms with Gasteiger partial charge in [0.05, 0.1) is 13.2 Å². The van der Waals surface area contributed by atoms with E-state index >= 15 is 0 Å². The number of carboxylic acid groups (broad SMARTS) is 1. The Morgan fingerprint density at radius 1 is 1.32 bits per heavy atom. The molecule has 7 nitrogen and oxygen atoms in total. The maximum atomic E-state index is 10.7. The number of carbonyl (C=O) groups is 3. The van der Waals surface area contributed by atoms with Gasteiger partial charge in [-0.25, -0.2) is 9.59 Å². The minimum atomic E-state index is -1.16. The Bertz CT molecular complexity index is 300. The van der Waals surface area contributed by atoms with Crippen molar-refractivity contribution in [2.75, 3.05) is 20.2 Å². The molecule has 2 N–H and O–H groups in total. The van der Waals surface area contributed by atoms with Gasteiger partial charge in [0, 0.05) is 13.1 Å². The van der Waals surface area contributed by atoms with E-state index < -0.39 is 12.1 Å². The van der Waals surface area contributed by atoms with Crippen molar-refractivity contribution < 1.29 is 24.2 Å². The molecule has 110 valence electrons. The average Bonchev–Trinajstić information content (AvgIpc) is 2.89. The molecule has 0 aromatic rings. The van der Waals surface area contributed by atoms with Crippen molar-refractivity contribution in [3.63, 3.8) is 0 Å². The average molecular weight is 274 g/mol. The van der Waals surface area contributed by atoms with Crippen molar-refractivity contribution in [1.82, 2.24) is 10.2 Å². The van der Waals surface area contributed by atoms with E-state index in [9.17, 15) is 14.4 Å². The van der Waals surface area contributed by atoms with Crippen molar-refractivity contribution in [3.05, 3.63) is 0 Å². The van der Waals surface area contributed by atoms with Crippen LogP contribution in [0.1, 0.15) is 26.7 Å². The van der Waals surface area contributed by atoms with Crippen molar-refractivity contribution in [3.8, 4) is 0 Å². The summed E-state index contributed by atoms with van der Waals surface area (Å²) in [6.45, 7) is 5.28. The van der Waals surface area contributed by atoms with Crippen LogP contribution in [-0.4, -0.2) is 54.7 Å². The molecule has 19 heavy (non-hydrogen) atoms. The zero-order chi connectivity index (χ0) is 14.8. The second-order valence-corrected chi connectivity index (χ2v) is 4.52. The topological polar surface area (TPSA) is 95.9 Å². The Balaban J connectivity index is 0.000000342. The van der Waals surface area contributed by atoms with Gasteiger partial charge in [-0.1, -0.05) is 13.8 Å². The lowest BCUT2D eigenvalue weighted by Gasteiger charge is -2.12. The summed E-state index contributed by atoms with van der Waals surface area (Å²) in [5, 5.41) is 10.3. The Morgan fingerprint density at radius 2 is 1.84 bits per heavy atom. The van der Waals surface area contributed by atoms with E-state index in [2.05, 4.69) is 10.1 Å². The highest BCUT2D eigenvalue weighted by molar-refractivity contribution is 5.71. The number of hydrogen-bond acceptors (Lipinski definition) is 4. The molecule has 0 aromatic heterocycles. The lowest BCUT2D eigenvalue weighted by atomic mass is 10.1. The van der Waals surface area contributed by atoms with E-state index in [4.69, 9.17) is 5.11 Å². The number of nitrogens with one attached hydrogen (secondary N) is 1. The molecule has 7 heteroatoms. The molecule has 1 heterocycles. The fraction of sp³-hybridized carbons (Fsp3) is 0.750. The minimum Gasteiger partial charge on any atom is -0.465 e. The number of aldehydes is 1. The molecule has 2 amide bonds. The number of carbonyl (C=O) groups excluding carboxylic acids is 2. The quantitative estimate of drug-likeness (QED) is 0.757. The third kappa shape index (κ3) is 7.28. The van der Waals surface area contributed by atoms with Gasteiger partial charge in [0.25, 0.3) is 0 Å². The van der Waals surface area contributed by atoms with E-state index in [1.807, 2.05) is 0 Å². The second-order valence-electron chi connectivity index (χ2n) is 4.52. The zero-order valence-corrected chi connectivity index (χ0v) is 11.6. The van der Waals surface area contributed by atoms with Gasteiger partial charge in [-0.3, -0.25) is 0 Å². The third-order valence-electron chi connectivity index (χ3n) is 2.69. The van der Waals surface area contributed by atoms with Gasteiger partial charge < -0.3 is 24.9 Å². The van der Waals surface area contributed by atoms with E-state index in [1.165, 1.54) is 7.11 Å². The fourth-order valence-electron chi connectivity index (χ4n) is 1.53. The Hall–Kier alpha value is -1.79. The normalized spacial score (nSPS) is 15.3. The van der Waals surface area contributed by atoms with Crippen molar-refractivity contribution in [2.45, 2.75) is 32.7 Å². The van der Waals surface area contributed by atoms with Crippen LogP contribution in [0.5, 0.6) is 0 Å². The van der Waals surface area contributed by atoms with Crippen LogP contribution in [0.25, 0.3) is 0 Å². The standard InChI is InChI=1S/C6H11NO3.C6H11NO2/c1-4(2)5(3-8)7-6(9)10;1-9-6(8)7-4-2-3-5-7/h3-5,7H,1-2H3,(H,9,10);2-5H2,1H3. The molecule has 1 atom stereocenters. The number of nitrogens with zero attached hydrogens (tertiary/aromatic N) is 1. The molecule has 1 aliphatic rings. The van der Waals surface area contributed by atoms with Gasteiger partial charge in [-0.2, -0.15) is 0 Å². The second kappa shape index (κ2) is 9.18. The highest BCUT2D eigenvalue weighted by Crippen LogP contribution is 2.07. The minimum absolute atomic E-state index is 0.00796. The molecule has 1 saturated heterocycles. The first kappa shape index (κ1) is 17.2. The highest BCUT2D eigenvalue weighted by atomic mass is 16.5. The molecule has 0 aromatic carbocycles. The fourth-order valence-corrected chi connectivity index (χ4v) is 1.53. The van der Waals surface area contributed by atoms with Crippen LogP contribution < -0.4 is 5.32 Å². The van der Waals surface area contributed by atoms with Gasteiger partial charge >= 0.3 is 12.2 Å². The monoisotopic (exact) mass is 274 g/mol. The first-order valence-electron chi connectivity index (χ1n) is 6.20. The summed E-state index contributed by atoms with van der Waals surface area (Å²) in [6, 6.07) is -0.586. The molecule has 0 radical (unpaired) electrons. The molecule has 0 spiro atoms. The van der Waals surface area contributed by atoms with Crippen molar-refractivity contribution in [1.29, 1.82) is 0 Å². The van der Waals surface area contributed by atoms with E-state index in [0.29, 0.717) is 6.29 Å². The molecule has 1 fully saturated rings. The molecule has 0 bridgehead atoms. The number of amides is 2. The molecule has 1 unspecified atom stereocenters. The Kier molecular flexibility index (Phi) is 8.32. The third-order valence-corrected chi connectivity index (χ3v) is 2.69. The van der Waals surface area contributed by atoms with E-state index in [0.717, 1.165) is 25.9 Å². The van der Waals surface area contributed by atoms with Crippen LogP contribution in [0.2, 0.25) is 0 Å². The van der Waals surface area contributed by atoms with Crippen LogP contribution in [-0.2, 0) is 9.53 Å². The summed E-state index contributed by atoms with van der Waals surface area (Å²) >= 11 is 0. The molecular formula is C12H22N2O5. The van der Waals surface area contributed by atoms with Crippen LogP contribution in [0, 0.1) is 5.92 Å². The maximum absolute atomic E-state index is 10.7. The summed E-state index contributed by atoms with van der Waals surface area (Å²) < 4.78 is 4.52. The predicted molar refractivity (Wildman–Crippen MR) is 69.1 cm³/mol. The number of hydrogen-bond donors (Lipinski definition) is 2. The lowest BCUT2D eigenvalue weighted by Crippen LogP contribution is -2.38. The molecular weight excluding hydrogens is 252 g/mol. The summed E-state index contributed by atoms with van der Waals surface area (Å²) in [5.74, 6) is 0.00796. The van der Waals surface area contributed by atoms with E-state index in [1.54, 1.807) is 18.7 Å². The van der Waals surface area contributed by atoms with Crippen LogP contribution >= 0.6 is 0 Å². The number of methoxy groups -OCH3 is 1. The van der Waals surface area contributed by atoms with E-state index in [-0.39, 0.29) is 12.0 Å². The maximum Gasteiger partial charge on any atom is 0.409 e. The first-order valence-corrected chi connectivity index (χ1v) is 6.20. The van der Waals surface area contributed by atoms with Crippen LogP contribution in [0.3, 0.4) is 0 Å². The van der Waals surface area contributed by atoms with Crippen LogP contribution in [0.4, 0.5) is 9.59 Å². The summed E-state index contributed by atoms with van der Waals surface area (Å²) in [4.78, 5) is 32.6. The smallest absolute Gasteiger partial charge is 0.409 e. The lowest BCUT2D eigenvalue weighted by molar-refractivity contribution is -0.110. The van der Waals surface area contributed by atoms with Gasteiger partial charge in [0.1, 0.15) is 6.29 Å². The van der Waals surface area contributed by atoms with Gasteiger partial charge in [-0.05, 0) is 18.8 Å². The zero-order valence-electron chi connectivity index (χ0n) is 11.6. The number of rotatable bonds is 3. The summed E-state index contributed by atoms with van der Waals surface area (Å²) in [6.07, 6.45) is 1.49. The highest BCUT2D eigenvalue weighted by Gasteiger charge is 2.17. The molecule has 1 aliphatic heterocycles. The summed E-state index contributed by atoms with van der Waals surface area (Å²) in [5.41, 5.74) is 0. The molecule has 0 saturated carbocycles. The number of ether oxygens (including phenoxy) is 1. The number of likely N-dealkylation sites (tertiary alicyclic amines) is 1. The van der Waals surface area contributed by atoms with Gasteiger partial charge in [0.2, 0.25) is 0 Å². The Morgan fingerprint density at radius 3 is 2.11 bits per heavy atom. The van der Waals surface area contributed by atoms with Crippen molar-refractivity contribution >= 4 is 18.5 Å². The molecule has 0 aliphatic carbocycles. The molecule has 1 rings (SSSR count). The Labute approximate surface area is 112 Å². The van der Waals surface area contributed by atoms with Crippen molar-refractivity contribution in [2.24, 2.45) is 5.92 Å². The summed E-state index contributed by atoms with van der Waals surface area (Å²) in [7, 11) is 1.42. The first-order chi connectivity index (χ1) is 8.92. The largest absolute Gasteiger partial charge is 0.465 e. The SMILES string of the molecule is CC(C)C(C=O)NC(=O)O.COC(=O)N1CCCC1. The van der Waals surface area contributed by atoms with Crippen LogP contribution in [0.15, 0.2) is 0 Å². The van der Waals surface area contributed by atoms with Gasteiger partial charge in [0.15, 0.2) is 0 Å². The predicted octanol–water partition coefficient (Wildman–Crippen LogP) is 1.33. The van der Waals surface area contributed by atoms with Gasteiger partial charge in [-0.15, -0.1) is 0 Å².